The van der Waals surface area contributed by atoms with Crippen molar-refractivity contribution < 1.29 is 13.2 Å². The molecule has 1 saturated heterocycles. The highest BCUT2D eigenvalue weighted by Gasteiger charge is 2.39. The first-order valence-corrected chi connectivity index (χ1v) is 12.3. The zero-order valence-corrected chi connectivity index (χ0v) is 17.2. The summed E-state index contributed by atoms with van der Waals surface area (Å²) in [6.07, 6.45) is 13.4. The summed E-state index contributed by atoms with van der Waals surface area (Å²) >= 11 is 0. The van der Waals surface area contributed by atoms with Crippen molar-refractivity contribution >= 4 is 15.9 Å². The molecule has 6 heteroatoms. The van der Waals surface area contributed by atoms with Crippen LogP contribution in [0.1, 0.15) is 83.5 Å². The van der Waals surface area contributed by atoms with E-state index in [1.807, 2.05) is 11.9 Å². The number of carbonyl (C=O) groups excluding carboxylic acids is 1. The lowest BCUT2D eigenvalue weighted by Gasteiger charge is -2.43. The number of piperidine rings is 1. The Bertz CT molecular complexity index is 570. The summed E-state index contributed by atoms with van der Waals surface area (Å²) in [6.45, 7) is 0.680. The number of fused-ring (bicyclic) bond motifs is 1. The van der Waals surface area contributed by atoms with Gasteiger partial charge in [-0.3, -0.25) is 4.79 Å². The maximum absolute atomic E-state index is 12.9. The van der Waals surface area contributed by atoms with Crippen molar-refractivity contribution in [2.24, 2.45) is 5.92 Å². The molecule has 1 amide bonds. The normalized spacial score (nSPS) is 28.5. The van der Waals surface area contributed by atoms with Gasteiger partial charge in [0.1, 0.15) is 0 Å². The highest BCUT2D eigenvalue weighted by molar-refractivity contribution is 7.89. The van der Waals surface area contributed by atoms with E-state index in [1.165, 1.54) is 38.5 Å². The van der Waals surface area contributed by atoms with E-state index in [9.17, 15) is 13.2 Å². The lowest BCUT2D eigenvalue weighted by molar-refractivity contribution is -0.132. The summed E-state index contributed by atoms with van der Waals surface area (Å²) in [4.78, 5) is 14.3. The fraction of sp³-hybridized carbons (Fsp3) is 0.950. The Hall–Kier alpha value is -0.620. The number of nitrogens with zero attached hydrogens (tertiary/aromatic N) is 2. The van der Waals surface area contributed by atoms with E-state index in [1.54, 1.807) is 4.31 Å². The summed E-state index contributed by atoms with van der Waals surface area (Å²) in [7, 11) is -1.34. The van der Waals surface area contributed by atoms with E-state index in [0.29, 0.717) is 31.3 Å². The van der Waals surface area contributed by atoms with Gasteiger partial charge in [-0.25, -0.2) is 8.42 Å². The molecular weight excluding hydrogens is 348 g/mol. The first kappa shape index (κ1) is 20.1. The Balaban J connectivity index is 1.49. The fourth-order valence-electron chi connectivity index (χ4n) is 5.30. The molecule has 2 unspecified atom stereocenters. The van der Waals surface area contributed by atoms with Crippen LogP contribution in [0.3, 0.4) is 0 Å². The van der Waals surface area contributed by atoms with Crippen molar-refractivity contribution in [1.82, 2.24) is 9.21 Å². The van der Waals surface area contributed by atoms with Gasteiger partial charge in [-0.1, -0.05) is 32.1 Å². The third-order valence-corrected chi connectivity index (χ3v) is 8.83. The van der Waals surface area contributed by atoms with Crippen LogP contribution in [-0.2, 0) is 14.8 Å². The second kappa shape index (κ2) is 9.05. The van der Waals surface area contributed by atoms with Crippen LogP contribution in [0.15, 0.2) is 0 Å². The van der Waals surface area contributed by atoms with Crippen LogP contribution in [0.25, 0.3) is 0 Å². The van der Waals surface area contributed by atoms with Crippen molar-refractivity contribution in [3.8, 4) is 0 Å². The molecule has 0 N–H and O–H groups in total. The zero-order valence-electron chi connectivity index (χ0n) is 16.4. The highest BCUT2D eigenvalue weighted by Crippen LogP contribution is 2.36. The van der Waals surface area contributed by atoms with E-state index in [2.05, 4.69) is 0 Å². The van der Waals surface area contributed by atoms with E-state index in [0.717, 1.165) is 32.1 Å². The van der Waals surface area contributed by atoms with E-state index < -0.39 is 10.0 Å². The quantitative estimate of drug-likeness (QED) is 0.704. The first-order chi connectivity index (χ1) is 12.5. The minimum atomic E-state index is -3.24. The largest absolute Gasteiger partial charge is 0.343 e. The number of carbonyl (C=O) groups is 1. The van der Waals surface area contributed by atoms with Crippen LogP contribution in [-0.4, -0.2) is 55.0 Å². The molecule has 1 aliphatic heterocycles. The molecule has 2 atom stereocenters. The molecule has 2 saturated carbocycles. The SMILES string of the molecule is CN(C(=O)CCCS(=O)(=O)N1CCCC2CCCCC21)C1CCCCC1. The van der Waals surface area contributed by atoms with Crippen molar-refractivity contribution in [2.45, 2.75) is 95.6 Å². The molecule has 0 spiro atoms. The molecule has 3 fully saturated rings. The summed E-state index contributed by atoms with van der Waals surface area (Å²) in [6, 6.07) is 0.584. The predicted molar refractivity (Wildman–Crippen MR) is 104 cm³/mol. The maximum Gasteiger partial charge on any atom is 0.222 e. The van der Waals surface area contributed by atoms with Crippen molar-refractivity contribution in [3.63, 3.8) is 0 Å². The minimum Gasteiger partial charge on any atom is -0.343 e. The molecule has 0 radical (unpaired) electrons. The van der Waals surface area contributed by atoms with Crippen LogP contribution in [0.2, 0.25) is 0 Å². The standard InChI is InChI=1S/C20H36N2O3S/c1-21(18-11-3-2-4-12-18)20(23)14-8-16-26(24,25)22-15-7-10-17-9-5-6-13-19(17)22/h17-19H,2-16H2,1H3. The molecule has 0 aromatic heterocycles. The number of hydrogen-bond acceptors (Lipinski definition) is 3. The number of hydrogen-bond donors (Lipinski definition) is 0. The van der Waals surface area contributed by atoms with Gasteiger partial charge in [0.25, 0.3) is 0 Å². The summed E-state index contributed by atoms with van der Waals surface area (Å²) in [5, 5.41) is 0. The van der Waals surface area contributed by atoms with Crippen LogP contribution in [0.4, 0.5) is 0 Å². The summed E-state index contributed by atoms with van der Waals surface area (Å²) < 4.78 is 27.6. The molecule has 1 heterocycles. The molecule has 0 aromatic rings. The molecule has 0 bridgehead atoms. The van der Waals surface area contributed by atoms with Gasteiger partial charge >= 0.3 is 0 Å². The first-order valence-electron chi connectivity index (χ1n) is 10.7. The Kier molecular flexibility index (Phi) is 7.00. The van der Waals surface area contributed by atoms with Crippen molar-refractivity contribution in [1.29, 1.82) is 0 Å². The second-order valence-corrected chi connectivity index (χ2v) is 10.6. The van der Waals surface area contributed by atoms with Gasteiger partial charge in [0, 0.05) is 32.1 Å². The molecule has 2 aliphatic carbocycles. The number of rotatable bonds is 6. The van der Waals surface area contributed by atoms with Gasteiger partial charge in [-0.05, 0) is 50.9 Å². The third-order valence-electron chi connectivity index (χ3n) is 6.86. The van der Waals surface area contributed by atoms with Gasteiger partial charge in [-0.2, -0.15) is 4.31 Å². The fourth-order valence-corrected chi connectivity index (χ4v) is 7.14. The Morgan fingerprint density at radius 2 is 1.62 bits per heavy atom. The molecule has 3 rings (SSSR count). The van der Waals surface area contributed by atoms with Crippen molar-refractivity contribution in [2.75, 3.05) is 19.3 Å². The van der Waals surface area contributed by atoms with E-state index in [4.69, 9.17) is 0 Å². The lowest BCUT2D eigenvalue weighted by Crippen LogP contribution is -2.50. The minimum absolute atomic E-state index is 0.112. The average molecular weight is 385 g/mol. The van der Waals surface area contributed by atoms with E-state index in [-0.39, 0.29) is 17.7 Å². The Morgan fingerprint density at radius 3 is 2.38 bits per heavy atom. The van der Waals surface area contributed by atoms with Crippen LogP contribution in [0, 0.1) is 5.92 Å². The Morgan fingerprint density at radius 1 is 0.962 bits per heavy atom. The van der Waals surface area contributed by atoms with E-state index >= 15 is 0 Å². The van der Waals surface area contributed by atoms with Gasteiger partial charge in [0.15, 0.2) is 0 Å². The summed E-state index contributed by atoms with van der Waals surface area (Å²) in [5.74, 6) is 0.799. The van der Waals surface area contributed by atoms with Gasteiger partial charge in [-0.15, -0.1) is 0 Å². The topological polar surface area (TPSA) is 57.7 Å². The van der Waals surface area contributed by atoms with Crippen LogP contribution in [0.5, 0.6) is 0 Å². The maximum atomic E-state index is 12.9. The molecule has 26 heavy (non-hydrogen) atoms. The Labute approximate surface area is 159 Å². The second-order valence-electron chi connectivity index (χ2n) is 8.58. The molecule has 150 valence electrons. The smallest absolute Gasteiger partial charge is 0.222 e. The number of sulfonamides is 1. The zero-order chi connectivity index (χ0) is 18.6. The van der Waals surface area contributed by atoms with Crippen LogP contribution >= 0.6 is 0 Å². The van der Waals surface area contributed by atoms with Crippen molar-refractivity contribution in [3.05, 3.63) is 0 Å². The lowest BCUT2D eigenvalue weighted by atomic mass is 9.79. The monoisotopic (exact) mass is 384 g/mol. The summed E-state index contributed by atoms with van der Waals surface area (Å²) in [5.41, 5.74) is 0. The number of amides is 1. The molecular formula is C20H36N2O3S. The van der Waals surface area contributed by atoms with Gasteiger partial charge < -0.3 is 4.90 Å². The molecule has 5 nitrogen and oxygen atoms in total. The van der Waals surface area contributed by atoms with Gasteiger partial charge in [0.2, 0.25) is 15.9 Å². The third kappa shape index (κ3) is 4.80. The molecule has 0 aromatic carbocycles. The van der Waals surface area contributed by atoms with Crippen LogP contribution < -0.4 is 0 Å². The predicted octanol–water partition coefficient (Wildman–Crippen LogP) is 3.54. The van der Waals surface area contributed by atoms with Gasteiger partial charge in [0.05, 0.1) is 5.75 Å². The molecule has 3 aliphatic rings. The highest BCUT2D eigenvalue weighted by atomic mass is 32.2. The average Bonchev–Trinajstić information content (AvgIpc) is 2.67.